The summed E-state index contributed by atoms with van der Waals surface area (Å²) in [5.41, 5.74) is 0.730. The monoisotopic (exact) mass is 277 g/mol. The smallest absolute Gasteiger partial charge is 0.123 e. The summed E-state index contributed by atoms with van der Waals surface area (Å²) in [6, 6.07) is 9.94. The molecule has 0 fully saturated rings. The quantitative estimate of drug-likeness (QED) is 0.851. The minimum absolute atomic E-state index is 0.125. The van der Waals surface area contributed by atoms with Gasteiger partial charge in [0.1, 0.15) is 17.3 Å². The van der Waals surface area contributed by atoms with Gasteiger partial charge in [-0.1, -0.05) is 12.1 Å². The molecule has 0 aliphatic carbocycles. The molecule has 2 atom stereocenters. The van der Waals surface area contributed by atoms with E-state index in [4.69, 9.17) is 4.42 Å². The maximum Gasteiger partial charge on any atom is 0.123 e. The number of nitrogens with one attached hydrogen (secondary N) is 1. The van der Waals surface area contributed by atoms with E-state index in [0.29, 0.717) is 13.0 Å². The Labute approximate surface area is 118 Å². The lowest BCUT2D eigenvalue weighted by Crippen LogP contribution is -2.27. The van der Waals surface area contributed by atoms with Crippen LogP contribution in [-0.4, -0.2) is 11.1 Å². The van der Waals surface area contributed by atoms with Gasteiger partial charge in [-0.15, -0.1) is 0 Å². The number of rotatable bonds is 6. The summed E-state index contributed by atoms with van der Waals surface area (Å²) < 4.78 is 18.3. The topological polar surface area (TPSA) is 45.4 Å². The van der Waals surface area contributed by atoms with Gasteiger partial charge in [-0.3, -0.25) is 0 Å². The van der Waals surface area contributed by atoms with Crippen molar-refractivity contribution in [3.63, 3.8) is 0 Å². The van der Waals surface area contributed by atoms with Crippen molar-refractivity contribution in [3.05, 3.63) is 59.3 Å². The van der Waals surface area contributed by atoms with Crippen molar-refractivity contribution in [2.24, 2.45) is 0 Å². The third-order valence-electron chi connectivity index (χ3n) is 3.25. The molecule has 2 N–H and O–H groups in total. The number of aliphatic hydroxyl groups is 1. The SMILES string of the molecule is Cc1ccc(CN[C@@H](C)C[C@@H](O)c2ccc(F)cc2)o1. The Hall–Kier alpha value is -1.65. The first-order valence-electron chi connectivity index (χ1n) is 6.77. The molecule has 0 saturated carbocycles. The molecule has 1 heterocycles. The second-order valence-corrected chi connectivity index (χ2v) is 5.10. The normalized spacial score (nSPS) is 14.2. The van der Waals surface area contributed by atoms with E-state index in [9.17, 15) is 9.50 Å². The number of halogens is 1. The first-order chi connectivity index (χ1) is 9.54. The molecule has 20 heavy (non-hydrogen) atoms. The molecule has 2 aromatic rings. The van der Waals surface area contributed by atoms with Crippen LogP contribution < -0.4 is 5.32 Å². The van der Waals surface area contributed by atoms with E-state index >= 15 is 0 Å². The highest BCUT2D eigenvalue weighted by molar-refractivity contribution is 5.18. The Kier molecular flexibility index (Phi) is 4.93. The Morgan fingerprint density at radius 3 is 2.50 bits per heavy atom. The zero-order valence-electron chi connectivity index (χ0n) is 11.8. The van der Waals surface area contributed by atoms with Crippen molar-refractivity contribution < 1.29 is 13.9 Å². The summed E-state index contributed by atoms with van der Waals surface area (Å²) >= 11 is 0. The minimum atomic E-state index is -0.601. The zero-order chi connectivity index (χ0) is 14.5. The first kappa shape index (κ1) is 14.8. The van der Waals surface area contributed by atoms with Crippen LogP contribution in [0.1, 0.15) is 36.5 Å². The molecule has 1 aromatic heterocycles. The highest BCUT2D eigenvalue weighted by atomic mass is 19.1. The van der Waals surface area contributed by atoms with Gasteiger partial charge in [0.25, 0.3) is 0 Å². The van der Waals surface area contributed by atoms with Crippen molar-refractivity contribution in [2.45, 2.75) is 39.0 Å². The zero-order valence-corrected chi connectivity index (χ0v) is 11.8. The Morgan fingerprint density at radius 1 is 1.20 bits per heavy atom. The second-order valence-electron chi connectivity index (χ2n) is 5.10. The summed E-state index contributed by atoms with van der Waals surface area (Å²) in [7, 11) is 0. The molecule has 0 amide bonds. The maximum atomic E-state index is 12.8. The van der Waals surface area contributed by atoms with Crippen LogP contribution in [0.25, 0.3) is 0 Å². The molecule has 0 spiro atoms. The molecule has 0 bridgehead atoms. The van der Waals surface area contributed by atoms with E-state index in [1.54, 1.807) is 12.1 Å². The number of furan rings is 1. The fraction of sp³-hybridized carbons (Fsp3) is 0.375. The predicted octanol–water partition coefficient (Wildman–Crippen LogP) is 3.33. The minimum Gasteiger partial charge on any atom is -0.465 e. The van der Waals surface area contributed by atoms with Gasteiger partial charge in [0.15, 0.2) is 0 Å². The van der Waals surface area contributed by atoms with E-state index in [1.807, 2.05) is 26.0 Å². The Morgan fingerprint density at radius 2 is 1.90 bits per heavy atom. The van der Waals surface area contributed by atoms with Crippen molar-refractivity contribution in [1.82, 2.24) is 5.32 Å². The van der Waals surface area contributed by atoms with Crippen LogP contribution in [0.15, 0.2) is 40.8 Å². The van der Waals surface area contributed by atoms with Crippen LogP contribution in [0.5, 0.6) is 0 Å². The first-order valence-corrected chi connectivity index (χ1v) is 6.77. The van der Waals surface area contributed by atoms with Crippen molar-refractivity contribution in [2.75, 3.05) is 0 Å². The third-order valence-corrected chi connectivity index (χ3v) is 3.25. The van der Waals surface area contributed by atoms with E-state index in [2.05, 4.69) is 5.32 Å². The molecule has 2 rings (SSSR count). The van der Waals surface area contributed by atoms with Crippen LogP contribution in [0.3, 0.4) is 0 Å². The largest absolute Gasteiger partial charge is 0.465 e. The lowest BCUT2D eigenvalue weighted by atomic mass is 10.0. The molecule has 1 aromatic carbocycles. The van der Waals surface area contributed by atoms with E-state index in [1.165, 1.54) is 12.1 Å². The molecule has 4 heteroatoms. The van der Waals surface area contributed by atoms with Gasteiger partial charge >= 0.3 is 0 Å². The lowest BCUT2D eigenvalue weighted by molar-refractivity contribution is 0.153. The van der Waals surface area contributed by atoms with Gasteiger partial charge < -0.3 is 14.8 Å². The molecule has 0 radical (unpaired) electrons. The summed E-state index contributed by atoms with van der Waals surface area (Å²) in [6.07, 6.45) is -0.0397. The molecule has 0 unspecified atom stereocenters. The Bertz CT molecular complexity index is 536. The van der Waals surface area contributed by atoms with Gasteiger partial charge in [0, 0.05) is 6.04 Å². The molecular formula is C16H20FNO2. The Balaban J connectivity index is 1.81. The van der Waals surface area contributed by atoms with Crippen LogP contribution in [0.2, 0.25) is 0 Å². The maximum absolute atomic E-state index is 12.8. The second kappa shape index (κ2) is 6.68. The summed E-state index contributed by atoms with van der Waals surface area (Å²) in [4.78, 5) is 0. The average molecular weight is 277 g/mol. The van der Waals surface area contributed by atoms with Crippen molar-refractivity contribution in [3.8, 4) is 0 Å². The van der Waals surface area contributed by atoms with Gasteiger partial charge in [0.2, 0.25) is 0 Å². The lowest BCUT2D eigenvalue weighted by Gasteiger charge is -2.17. The molecule has 0 saturated heterocycles. The third kappa shape index (κ3) is 4.18. The van der Waals surface area contributed by atoms with Crippen molar-refractivity contribution in [1.29, 1.82) is 0 Å². The molecule has 0 aliphatic heterocycles. The van der Waals surface area contributed by atoms with E-state index < -0.39 is 6.10 Å². The summed E-state index contributed by atoms with van der Waals surface area (Å²) in [5, 5.41) is 13.4. The van der Waals surface area contributed by atoms with Crippen LogP contribution >= 0.6 is 0 Å². The number of benzene rings is 1. The van der Waals surface area contributed by atoms with Gasteiger partial charge in [-0.05, 0) is 50.1 Å². The number of aryl methyl sites for hydroxylation is 1. The molecular weight excluding hydrogens is 257 g/mol. The number of aliphatic hydroxyl groups excluding tert-OH is 1. The van der Waals surface area contributed by atoms with Crippen LogP contribution in [-0.2, 0) is 6.54 Å². The fourth-order valence-electron chi connectivity index (χ4n) is 2.09. The van der Waals surface area contributed by atoms with Gasteiger partial charge in [0.05, 0.1) is 12.6 Å². The van der Waals surface area contributed by atoms with E-state index in [-0.39, 0.29) is 11.9 Å². The number of hydrogen-bond donors (Lipinski definition) is 2. The predicted molar refractivity (Wildman–Crippen MR) is 75.7 cm³/mol. The molecule has 108 valence electrons. The molecule has 3 nitrogen and oxygen atoms in total. The summed E-state index contributed by atoms with van der Waals surface area (Å²) in [5.74, 6) is 1.48. The summed E-state index contributed by atoms with van der Waals surface area (Å²) in [6.45, 7) is 4.54. The van der Waals surface area contributed by atoms with Gasteiger partial charge in [-0.2, -0.15) is 0 Å². The van der Waals surface area contributed by atoms with Crippen LogP contribution in [0.4, 0.5) is 4.39 Å². The highest BCUT2D eigenvalue weighted by Gasteiger charge is 2.12. The van der Waals surface area contributed by atoms with E-state index in [0.717, 1.165) is 17.1 Å². The highest BCUT2D eigenvalue weighted by Crippen LogP contribution is 2.18. The average Bonchev–Trinajstić information content (AvgIpc) is 2.83. The van der Waals surface area contributed by atoms with Gasteiger partial charge in [-0.25, -0.2) is 4.39 Å². The van der Waals surface area contributed by atoms with Crippen molar-refractivity contribution >= 4 is 0 Å². The van der Waals surface area contributed by atoms with Crippen LogP contribution in [0, 0.1) is 12.7 Å². The molecule has 0 aliphatic rings. The standard InChI is InChI=1S/C16H20FNO2/c1-11(18-10-15-8-3-12(2)20-15)9-16(19)13-4-6-14(17)7-5-13/h3-8,11,16,18-19H,9-10H2,1-2H3/t11-,16+/m0/s1. The number of hydrogen-bond acceptors (Lipinski definition) is 3. The fourth-order valence-corrected chi connectivity index (χ4v) is 2.09.